The van der Waals surface area contributed by atoms with E-state index in [2.05, 4.69) is 10.1 Å². The summed E-state index contributed by atoms with van der Waals surface area (Å²) in [4.78, 5) is 11.3. The zero-order valence-corrected chi connectivity index (χ0v) is 9.52. The lowest BCUT2D eigenvalue weighted by molar-refractivity contribution is -0.115. The number of carbonyl (C=O) groups excluding carboxylic acids is 1. The fourth-order valence-electron chi connectivity index (χ4n) is 1.14. The first kappa shape index (κ1) is 13.6. The number of methoxy groups -OCH3 is 1. The third kappa shape index (κ3) is 4.14. The third-order valence-corrected chi connectivity index (χ3v) is 2.10. The minimum absolute atomic E-state index is 0.0265. The van der Waals surface area contributed by atoms with Crippen LogP contribution in [-0.4, -0.2) is 25.8 Å². The maximum Gasteiger partial charge on any atom is 0.405 e. The highest BCUT2D eigenvalue weighted by atomic mass is 35.5. The van der Waals surface area contributed by atoms with Crippen LogP contribution in [0.3, 0.4) is 0 Å². The Bertz CT molecular complexity index is 421. The molecule has 3 nitrogen and oxygen atoms in total. The van der Waals surface area contributed by atoms with E-state index in [1.54, 1.807) is 0 Å². The second-order valence-corrected chi connectivity index (χ2v) is 3.59. The molecule has 17 heavy (non-hydrogen) atoms. The van der Waals surface area contributed by atoms with Gasteiger partial charge in [0.1, 0.15) is 6.54 Å². The number of hydrogen-bond donors (Lipinski definition) is 1. The fraction of sp³-hybridized carbons (Fsp3) is 0.300. The van der Waals surface area contributed by atoms with Crippen LogP contribution < -0.4 is 5.32 Å². The Hall–Kier alpha value is -1.43. The Labute approximate surface area is 101 Å². The SMILES string of the molecule is COC(=O)c1cc(Cl)ccc1NCC(F)(F)F. The molecule has 0 bridgehead atoms. The zero-order valence-electron chi connectivity index (χ0n) is 8.77. The Kier molecular flexibility index (Phi) is 4.22. The summed E-state index contributed by atoms with van der Waals surface area (Å²) in [7, 11) is 1.14. The van der Waals surface area contributed by atoms with Crippen molar-refractivity contribution in [1.29, 1.82) is 0 Å². The molecule has 0 aromatic heterocycles. The van der Waals surface area contributed by atoms with Crippen LogP contribution in [0.25, 0.3) is 0 Å². The second-order valence-electron chi connectivity index (χ2n) is 3.15. The Balaban J connectivity index is 2.94. The number of halogens is 4. The summed E-state index contributed by atoms with van der Waals surface area (Å²) in [5.41, 5.74) is -0.0113. The van der Waals surface area contributed by atoms with Crippen molar-refractivity contribution >= 4 is 23.3 Å². The molecule has 0 saturated carbocycles. The summed E-state index contributed by atoms with van der Waals surface area (Å²) in [6.07, 6.45) is -4.37. The van der Waals surface area contributed by atoms with Gasteiger partial charge in [-0.05, 0) is 18.2 Å². The predicted octanol–water partition coefficient (Wildman–Crippen LogP) is 3.10. The molecule has 0 atom stereocenters. The van der Waals surface area contributed by atoms with E-state index in [0.717, 1.165) is 7.11 Å². The van der Waals surface area contributed by atoms with E-state index in [9.17, 15) is 18.0 Å². The van der Waals surface area contributed by atoms with Crippen LogP contribution in [0.1, 0.15) is 10.4 Å². The zero-order chi connectivity index (χ0) is 13.1. The smallest absolute Gasteiger partial charge is 0.405 e. The van der Waals surface area contributed by atoms with Gasteiger partial charge < -0.3 is 10.1 Å². The molecule has 1 N–H and O–H groups in total. The van der Waals surface area contributed by atoms with Crippen molar-refractivity contribution in [2.45, 2.75) is 6.18 Å². The van der Waals surface area contributed by atoms with Gasteiger partial charge in [-0.1, -0.05) is 11.6 Å². The summed E-state index contributed by atoms with van der Waals surface area (Å²) < 4.78 is 40.5. The molecular weight excluding hydrogens is 259 g/mol. The number of hydrogen-bond acceptors (Lipinski definition) is 3. The monoisotopic (exact) mass is 267 g/mol. The molecule has 0 aliphatic heterocycles. The van der Waals surface area contributed by atoms with Gasteiger partial charge in [0.15, 0.2) is 0 Å². The highest BCUT2D eigenvalue weighted by molar-refractivity contribution is 6.31. The highest BCUT2D eigenvalue weighted by Crippen LogP contribution is 2.23. The van der Waals surface area contributed by atoms with Gasteiger partial charge in [0, 0.05) is 10.7 Å². The van der Waals surface area contributed by atoms with Crippen LogP contribution in [0.2, 0.25) is 5.02 Å². The molecule has 0 fully saturated rings. The van der Waals surface area contributed by atoms with E-state index in [0.29, 0.717) is 0 Å². The Morgan fingerprint density at radius 2 is 2.12 bits per heavy atom. The van der Waals surface area contributed by atoms with Crippen LogP contribution in [-0.2, 0) is 4.74 Å². The fourth-order valence-corrected chi connectivity index (χ4v) is 1.32. The van der Waals surface area contributed by atoms with Crippen molar-refractivity contribution in [1.82, 2.24) is 0 Å². The first-order chi connectivity index (χ1) is 7.83. The van der Waals surface area contributed by atoms with Crippen LogP contribution in [0.5, 0.6) is 0 Å². The van der Waals surface area contributed by atoms with Gasteiger partial charge in [-0.3, -0.25) is 0 Å². The molecule has 94 valence electrons. The predicted molar refractivity (Wildman–Crippen MR) is 57.3 cm³/mol. The van der Waals surface area contributed by atoms with Gasteiger partial charge in [0.2, 0.25) is 0 Å². The van der Waals surface area contributed by atoms with Crippen molar-refractivity contribution in [2.24, 2.45) is 0 Å². The van der Waals surface area contributed by atoms with Gasteiger partial charge in [-0.15, -0.1) is 0 Å². The molecule has 0 saturated heterocycles. The molecular formula is C10H9ClF3NO2. The van der Waals surface area contributed by atoms with Crippen LogP contribution in [0, 0.1) is 0 Å². The van der Waals surface area contributed by atoms with E-state index in [1.165, 1.54) is 18.2 Å². The number of rotatable bonds is 3. The summed E-state index contributed by atoms with van der Waals surface area (Å²) in [6, 6.07) is 3.92. The lowest BCUT2D eigenvalue weighted by atomic mass is 10.2. The van der Waals surface area contributed by atoms with Crippen molar-refractivity contribution in [2.75, 3.05) is 19.0 Å². The Morgan fingerprint density at radius 3 is 2.65 bits per heavy atom. The molecule has 0 amide bonds. The molecule has 0 aliphatic rings. The van der Waals surface area contributed by atoms with Crippen molar-refractivity contribution in [3.8, 4) is 0 Å². The maximum absolute atomic E-state index is 12.0. The van der Waals surface area contributed by atoms with Crippen LogP contribution in [0.15, 0.2) is 18.2 Å². The topological polar surface area (TPSA) is 38.3 Å². The first-order valence-electron chi connectivity index (χ1n) is 4.52. The number of alkyl halides is 3. The summed E-state index contributed by atoms with van der Waals surface area (Å²) >= 11 is 5.65. The van der Waals surface area contributed by atoms with Crippen molar-refractivity contribution in [3.05, 3.63) is 28.8 Å². The van der Waals surface area contributed by atoms with Gasteiger partial charge >= 0.3 is 12.1 Å². The van der Waals surface area contributed by atoms with Crippen LogP contribution >= 0.6 is 11.6 Å². The maximum atomic E-state index is 12.0. The van der Waals surface area contributed by atoms with Gasteiger partial charge in [0.25, 0.3) is 0 Å². The molecule has 0 aliphatic carbocycles. The lowest BCUT2D eigenvalue weighted by Gasteiger charge is -2.12. The van der Waals surface area contributed by atoms with Crippen molar-refractivity contribution < 1.29 is 22.7 Å². The molecule has 0 unspecified atom stereocenters. The normalized spacial score (nSPS) is 11.1. The highest BCUT2D eigenvalue weighted by Gasteiger charge is 2.27. The van der Waals surface area contributed by atoms with E-state index >= 15 is 0 Å². The average molecular weight is 268 g/mol. The second kappa shape index (κ2) is 5.27. The van der Waals surface area contributed by atoms with Crippen molar-refractivity contribution in [3.63, 3.8) is 0 Å². The van der Waals surface area contributed by atoms with Gasteiger partial charge in [0.05, 0.1) is 12.7 Å². The van der Waals surface area contributed by atoms with E-state index in [1.807, 2.05) is 0 Å². The van der Waals surface area contributed by atoms with E-state index < -0.39 is 18.7 Å². The largest absolute Gasteiger partial charge is 0.465 e. The number of ether oxygens (including phenoxy) is 1. The van der Waals surface area contributed by atoms with Gasteiger partial charge in [-0.2, -0.15) is 13.2 Å². The molecule has 0 spiro atoms. The molecule has 1 aromatic carbocycles. The average Bonchev–Trinajstić information content (AvgIpc) is 2.25. The number of anilines is 1. The summed E-state index contributed by atoms with van der Waals surface area (Å²) in [5, 5.41) is 2.35. The Morgan fingerprint density at radius 1 is 1.47 bits per heavy atom. The number of carbonyl (C=O) groups is 1. The van der Waals surface area contributed by atoms with Crippen LogP contribution in [0.4, 0.5) is 18.9 Å². The number of nitrogens with one attached hydrogen (secondary N) is 1. The van der Waals surface area contributed by atoms with E-state index in [-0.39, 0.29) is 16.3 Å². The minimum Gasteiger partial charge on any atom is -0.465 e. The molecule has 1 rings (SSSR count). The summed E-state index contributed by atoms with van der Waals surface area (Å²) in [6.45, 7) is -1.24. The number of benzene rings is 1. The van der Waals surface area contributed by atoms with Gasteiger partial charge in [-0.25, -0.2) is 4.79 Å². The molecule has 7 heteroatoms. The van der Waals surface area contributed by atoms with E-state index in [4.69, 9.17) is 11.6 Å². The lowest BCUT2D eigenvalue weighted by Crippen LogP contribution is -2.22. The quantitative estimate of drug-likeness (QED) is 0.855. The minimum atomic E-state index is -4.37. The standard InChI is InChI=1S/C10H9ClF3NO2/c1-17-9(16)7-4-6(11)2-3-8(7)15-5-10(12,13)14/h2-4,15H,5H2,1H3. The summed E-state index contributed by atoms with van der Waals surface area (Å²) in [5.74, 6) is -0.753. The number of esters is 1. The molecule has 0 heterocycles. The molecule has 1 aromatic rings. The third-order valence-electron chi connectivity index (χ3n) is 1.87. The molecule has 0 radical (unpaired) electrons. The first-order valence-corrected chi connectivity index (χ1v) is 4.90.